The number of nitrogens with one attached hydrogen (secondary N) is 2. The number of ether oxygens (including phenoxy) is 1. The zero-order chi connectivity index (χ0) is 22.1. The molecule has 3 rings (SSSR count). The number of hydrogen-bond donors (Lipinski definition) is 3. The first kappa shape index (κ1) is 22.2. The molecule has 0 fully saturated rings. The Morgan fingerprint density at radius 3 is 2.73 bits per heavy atom. The van der Waals surface area contributed by atoms with Crippen LogP contribution in [0.3, 0.4) is 0 Å². The van der Waals surface area contributed by atoms with Crippen molar-refractivity contribution in [2.24, 2.45) is 5.73 Å². The molecule has 0 saturated heterocycles. The molecule has 0 radical (unpaired) electrons. The van der Waals surface area contributed by atoms with E-state index in [1.54, 1.807) is 24.3 Å². The van der Waals surface area contributed by atoms with Crippen LogP contribution in [0, 0.1) is 5.41 Å². The van der Waals surface area contributed by atoms with E-state index in [1.807, 2.05) is 0 Å². The summed E-state index contributed by atoms with van der Waals surface area (Å²) in [6.45, 7) is 3.42. The van der Waals surface area contributed by atoms with Crippen LogP contribution in [0.5, 0.6) is 0 Å². The Balaban J connectivity index is 1.85. The van der Waals surface area contributed by atoms with Gasteiger partial charge in [0.2, 0.25) is 0 Å². The molecule has 0 saturated carbocycles. The van der Waals surface area contributed by atoms with Gasteiger partial charge in [0.1, 0.15) is 16.3 Å². The molecule has 1 aromatic heterocycles. The van der Waals surface area contributed by atoms with Crippen LogP contribution in [0.15, 0.2) is 36.5 Å². The van der Waals surface area contributed by atoms with E-state index in [4.69, 9.17) is 27.5 Å². The number of carbonyl (C=O) groups is 1. The fraction of sp³-hybridized carbons (Fsp3) is 0.350. The average molecular weight is 451 g/mol. The summed E-state index contributed by atoms with van der Waals surface area (Å²) in [5.41, 5.74) is 7.88. The maximum absolute atomic E-state index is 12.9. The zero-order valence-electron chi connectivity index (χ0n) is 16.6. The third-order valence-corrected chi connectivity index (χ3v) is 8.07. The number of carbonyl (C=O) groups excluding carboxylic acids is 1. The van der Waals surface area contributed by atoms with Gasteiger partial charge in [0.25, 0.3) is 5.91 Å². The van der Waals surface area contributed by atoms with Crippen LogP contribution in [0.1, 0.15) is 41.4 Å². The van der Waals surface area contributed by atoms with Crippen molar-refractivity contribution in [1.29, 1.82) is 5.41 Å². The lowest BCUT2D eigenvalue weighted by molar-refractivity contribution is 0.0956. The molecule has 1 unspecified atom stereocenters. The minimum absolute atomic E-state index is 0.211. The molecule has 0 spiro atoms. The number of amides is 1. The van der Waals surface area contributed by atoms with Gasteiger partial charge in [-0.25, -0.2) is 13.4 Å². The van der Waals surface area contributed by atoms with E-state index in [1.165, 1.54) is 26.1 Å². The number of pyridine rings is 1. The maximum Gasteiger partial charge on any atom is 0.274 e. The highest BCUT2D eigenvalue weighted by molar-refractivity contribution is 7.93. The van der Waals surface area contributed by atoms with Gasteiger partial charge in [0, 0.05) is 17.8 Å². The number of fused-ring (bicyclic) bond motifs is 1. The van der Waals surface area contributed by atoms with Crippen molar-refractivity contribution in [3.05, 3.63) is 58.4 Å². The summed E-state index contributed by atoms with van der Waals surface area (Å²) in [7, 11) is -3.72. The summed E-state index contributed by atoms with van der Waals surface area (Å²) in [5.74, 6) is -1.47. The number of anilines is 1. The van der Waals surface area contributed by atoms with Crippen LogP contribution >= 0.6 is 11.6 Å². The molecule has 1 atom stereocenters. The first-order chi connectivity index (χ1) is 14.0. The lowest BCUT2D eigenvalue weighted by Crippen LogP contribution is -2.47. The number of sulfone groups is 1. The van der Waals surface area contributed by atoms with Gasteiger partial charge in [-0.15, -0.1) is 0 Å². The number of nitrogens with zero attached hydrogens (tertiary/aromatic N) is 1. The number of nitrogens with two attached hydrogens (primary N) is 1. The molecule has 1 aliphatic rings. The molecule has 1 aromatic carbocycles. The highest BCUT2D eigenvalue weighted by Gasteiger charge is 2.40. The average Bonchev–Trinajstić information content (AvgIpc) is 2.68. The van der Waals surface area contributed by atoms with Gasteiger partial charge in [-0.05, 0) is 49.2 Å². The van der Waals surface area contributed by atoms with Crippen LogP contribution < -0.4 is 11.1 Å². The second kappa shape index (κ2) is 8.33. The molecule has 2 heterocycles. The standard InChI is InChI=1S/C20H23ClN4O4S/c1-20(2,19(22)23)30(27,28)11-13-10-29-9-12-3-5-15(7-16(12)13)25-18(26)17-6-4-14(21)8-24-17/h3-8,13H,9-11H2,1-2H3,(H3,22,23)(H,25,26). The lowest BCUT2D eigenvalue weighted by Gasteiger charge is -2.30. The minimum atomic E-state index is -3.72. The second-order valence-corrected chi connectivity index (χ2v) is 10.7. The third kappa shape index (κ3) is 4.48. The molecule has 2 aromatic rings. The second-order valence-electron chi connectivity index (χ2n) is 7.65. The van der Waals surface area contributed by atoms with E-state index >= 15 is 0 Å². The smallest absolute Gasteiger partial charge is 0.274 e. The minimum Gasteiger partial charge on any atom is -0.386 e. The molecule has 160 valence electrons. The first-order valence-electron chi connectivity index (χ1n) is 9.21. The number of benzene rings is 1. The largest absolute Gasteiger partial charge is 0.386 e. The van der Waals surface area contributed by atoms with E-state index < -0.39 is 32.2 Å². The Morgan fingerprint density at radius 1 is 1.37 bits per heavy atom. The van der Waals surface area contributed by atoms with Crippen molar-refractivity contribution >= 4 is 38.9 Å². The number of amidine groups is 1. The van der Waals surface area contributed by atoms with Gasteiger partial charge >= 0.3 is 0 Å². The number of halogens is 1. The zero-order valence-corrected chi connectivity index (χ0v) is 18.2. The normalized spacial score (nSPS) is 16.6. The monoisotopic (exact) mass is 450 g/mol. The Hall–Kier alpha value is -2.49. The molecular weight excluding hydrogens is 428 g/mol. The van der Waals surface area contributed by atoms with Gasteiger partial charge in [-0.1, -0.05) is 17.7 Å². The van der Waals surface area contributed by atoms with E-state index in [2.05, 4.69) is 10.3 Å². The molecule has 4 N–H and O–H groups in total. The van der Waals surface area contributed by atoms with E-state index in [-0.39, 0.29) is 18.1 Å². The van der Waals surface area contributed by atoms with E-state index in [9.17, 15) is 13.2 Å². The van der Waals surface area contributed by atoms with Gasteiger partial charge in [-0.3, -0.25) is 10.2 Å². The lowest BCUT2D eigenvalue weighted by atomic mass is 9.94. The predicted octanol–water partition coefficient (Wildman–Crippen LogP) is 2.73. The van der Waals surface area contributed by atoms with Gasteiger partial charge in [0.15, 0.2) is 9.84 Å². The summed E-state index contributed by atoms with van der Waals surface area (Å²) in [5, 5.41) is 10.8. The maximum atomic E-state index is 12.9. The Morgan fingerprint density at radius 2 is 2.10 bits per heavy atom. The topological polar surface area (TPSA) is 135 Å². The summed E-state index contributed by atoms with van der Waals surface area (Å²) in [4.78, 5) is 16.4. The molecule has 8 nitrogen and oxygen atoms in total. The Labute approximate surface area is 180 Å². The summed E-state index contributed by atoms with van der Waals surface area (Å²) < 4.78 is 29.9. The van der Waals surface area contributed by atoms with Crippen molar-refractivity contribution in [1.82, 2.24) is 4.98 Å². The summed E-state index contributed by atoms with van der Waals surface area (Å²) in [6, 6.07) is 8.38. The van der Waals surface area contributed by atoms with Crippen molar-refractivity contribution in [2.75, 3.05) is 17.7 Å². The van der Waals surface area contributed by atoms with Crippen molar-refractivity contribution in [3.8, 4) is 0 Å². The Bertz CT molecular complexity index is 1080. The van der Waals surface area contributed by atoms with Crippen LogP contribution in [-0.2, 0) is 21.2 Å². The SMILES string of the molecule is CC(C)(C(=N)N)S(=O)(=O)CC1COCc2ccc(NC(=O)c3ccc(Cl)cn3)cc21. The van der Waals surface area contributed by atoms with E-state index in [0.29, 0.717) is 17.3 Å². The number of rotatable bonds is 6. The van der Waals surface area contributed by atoms with Crippen molar-refractivity contribution in [3.63, 3.8) is 0 Å². The quantitative estimate of drug-likeness (QED) is 0.457. The van der Waals surface area contributed by atoms with Gasteiger partial charge < -0.3 is 15.8 Å². The molecule has 1 aliphatic heterocycles. The highest BCUT2D eigenvalue weighted by Crippen LogP contribution is 2.32. The van der Waals surface area contributed by atoms with E-state index in [0.717, 1.165) is 11.1 Å². The van der Waals surface area contributed by atoms with Gasteiger partial charge in [0.05, 0.1) is 24.0 Å². The molecule has 10 heteroatoms. The Kier molecular flexibility index (Phi) is 6.16. The van der Waals surface area contributed by atoms with Gasteiger partial charge in [-0.2, -0.15) is 0 Å². The first-order valence-corrected chi connectivity index (χ1v) is 11.2. The molecule has 0 aliphatic carbocycles. The fourth-order valence-corrected chi connectivity index (χ4v) is 4.74. The molecular formula is C20H23ClN4O4S. The fourth-order valence-electron chi connectivity index (χ4n) is 3.07. The van der Waals surface area contributed by atoms with Crippen LogP contribution in [0.2, 0.25) is 5.02 Å². The van der Waals surface area contributed by atoms with Crippen LogP contribution in [0.25, 0.3) is 0 Å². The summed E-state index contributed by atoms with van der Waals surface area (Å²) >= 11 is 5.80. The van der Waals surface area contributed by atoms with Crippen LogP contribution in [0.4, 0.5) is 5.69 Å². The number of hydrogen-bond acceptors (Lipinski definition) is 6. The molecule has 1 amide bonds. The number of aromatic nitrogens is 1. The van der Waals surface area contributed by atoms with Crippen molar-refractivity contribution in [2.45, 2.75) is 31.1 Å². The predicted molar refractivity (Wildman–Crippen MR) is 116 cm³/mol. The third-order valence-electron chi connectivity index (χ3n) is 5.23. The highest BCUT2D eigenvalue weighted by atomic mass is 35.5. The summed E-state index contributed by atoms with van der Waals surface area (Å²) in [6.07, 6.45) is 1.39. The molecule has 30 heavy (non-hydrogen) atoms. The van der Waals surface area contributed by atoms with Crippen molar-refractivity contribution < 1.29 is 17.9 Å². The molecule has 0 bridgehead atoms. The van der Waals surface area contributed by atoms with Crippen LogP contribution in [-0.4, -0.2) is 42.3 Å².